The number of pyridine rings is 1. The van der Waals surface area contributed by atoms with Gasteiger partial charge in [0.1, 0.15) is 0 Å². The SMILES string of the molecule is CCCCCCCCCCCCOc1ccc([B-](O)(O)O)cn1. The van der Waals surface area contributed by atoms with Gasteiger partial charge in [0, 0.05) is 6.20 Å². The smallest absolute Gasteiger partial charge is 0.404 e. The molecule has 0 bridgehead atoms. The molecule has 6 heteroatoms. The van der Waals surface area contributed by atoms with Gasteiger partial charge in [-0.1, -0.05) is 70.8 Å². The first-order valence-electron chi connectivity index (χ1n) is 8.94. The molecule has 0 aromatic carbocycles. The van der Waals surface area contributed by atoms with Crippen LogP contribution in [-0.4, -0.2) is 33.4 Å². The van der Waals surface area contributed by atoms with Gasteiger partial charge in [-0.15, -0.1) is 5.46 Å². The van der Waals surface area contributed by atoms with Crippen LogP contribution in [0.4, 0.5) is 0 Å². The summed E-state index contributed by atoms with van der Waals surface area (Å²) in [5.74, 6) is 0.435. The highest BCUT2D eigenvalue weighted by molar-refractivity contribution is 6.71. The molecular formula is C17H31BNO4-. The van der Waals surface area contributed by atoms with Crippen molar-refractivity contribution < 1.29 is 19.8 Å². The van der Waals surface area contributed by atoms with E-state index in [0.717, 1.165) is 12.8 Å². The van der Waals surface area contributed by atoms with Crippen LogP contribution in [0.3, 0.4) is 0 Å². The van der Waals surface area contributed by atoms with E-state index in [0.29, 0.717) is 12.5 Å². The largest absolute Gasteiger partial charge is 0.556 e. The zero-order valence-electron chi connectivity index (χ0n) is 14.3. The zero-order chi connectivity index (χ0) is 17.0. The van der Waals surface area contributed by atoms with Gasteiger partial charge < -0.3 is 19.8 Å². The number of hydrogen-bond acceptors (Lipinski definition) is 5. The van der Waals surface area contributed by atoms with Gasteiger partial charge >= 0.3 is 6.75 Å². The van der Waals surface area contributed by atoms with Crippen LogP contribution in [0, 0.1) is 0 Å². The van der Waals surface area contributed by atoms with Gasteiger partial charge in [-0.05, 0) is 12.5 Å². The molecule has 0 spiro atoms. The third kappa shape index (κ3) is 9.59. The van der Waals surface area contributed by atoms with Crippen LogP contribution in [0.5, 0.6) is 5.88 Å². The monoisotopic (exact) mass is 324 g/mol. The van der Waals surface area contributed by atoms with Gasteiger partial charge in [-0.2, -0.15) is 0 Å². The summed E-state index contributed by atoms with van der Waals surface area (Å²) < 4.78 is 5.50. The maximum Gasteiger partial charge on any atom is 0.404 e. The van der Waals surface area contributed by atoms with Crippen LogP contribution < -0.4 is 10.2 Å². The lowest BCUT2D eigenvalue weighted by Crippen LogP contribution is -2.48. The standard InChI is InChI=1S/C17H31BNO4/c1-2-3-4-5-6-7-8-9-10-11-14-23-17-13-12-16(15-19-17)18(20,21)22/h12-13,15,20-22H,2-11,14H2,1H3/q-1. The highest BCUT2D eigenvalue weighted by atomic mass is 16.5. The van der Waals surface area contributed by atoms with E-state index < -0.39 is 6.75 Å². The molecule has 5 nitrogen and oxygen atoms in total. The molecule has 0 fully saturated rings. The molecule has 0 amide bonds. The molecule has 0 radical (unpaired) electrons. The van der Waals surface area contributed by atoms with E-state index in [1.165, 1.54) is 69.7 Å². The molecule has 1 aromatic heterocycles. The Bertz CT molecular complexity index is 406. The Balaban J connectivity index is 1.99. The van der Waals surface area contributed by atoms with E-state index in [1.807, 2.05) is 0 Å². The Labute approximate surface area is 139 Å². The summed E-state index contributed by atoms with van der Waals surface area (Å²) in [5.41, 5.74) is -0.0173. The normalized spacial score (nSPS) is 11.7. The first kappa shape index (κ1) is 19.9. The highest BCUT2D eigenvalue weighted by Crippen LogP contribution is 2.11. The molecule has 0 unspecified atom stereocenters. The molecule has 132 valence electrons. The Morgan fingerprint density at radius 1 is 0.870 bits per heavy atom. The van der Waals surface area contributed by atoms with Crippen LogP contribution >= 0.6 is 0 Å². The van der Waals surface area contributed by atoms with Gasteiger partial charge in [0.25, 0.3) is 0 Å². The summed E-state index contributed by atoms with van der Waals surface area (Å²) in [7, 11) is 0. The lowest BCUT2D eigenvalue weighted by molar-refractivity contribution is 0.249. The summed E-state index contributed by atoms with van der Waals surface area (Å²) in [5, 5.41) is 27.1. The summed E-state index contributed by atoms with van der Waals surface area (Å²) in [6.07, 6.45) is 14.0. The number of rotatable bonds is 13. The number of aromatic nitrogens is 1. The minimum atomic E-state index is -3.47. The van der Waals surface area contributed by atoms with Gasteiger partial charge in [0.2, 0.25) is 5.88 Å². The van der Waals surface area contributed by atoms with E-state index in [1.54, 1.807) is 0 Å². The molecule has 0 aliphatic rings. The summed E-state index contributed by atoms with van der Waals surface area (Å²) in [6, 6.07) is 2.94. The summed E-state index contributed by atoms with van der Waals surface area (Å²) in [6.45, 7) is -0.624. The van der Waals surface area contributed by atoms with Gasteiger partial charge in [-0.3, -0.25) is 0 Å². The van der Waals surface area contributed by atoms with E-state index >= 15 is 0 Å². The number of unbranched alkanes of at least 4 members (excludes halogenated alkanes) is 9. The third-order valence-electron chi connectivity index (χ3n) is 3.95. The Hall–Kier alpha value is -1.11. The van der Waals surface area contributed by atoms with E-state index in [9.17, 15) is 0 Å². The van der Waals surface area contributed by atoms with Crippen molar-refractivity contribution >= 4 is 12.2 Å². The van der Waals surface area contributed by atoms with E-state index in [-0.39, 0.29) is 5.46 Å². The molecule has 3 N–H and O–H groups in total. The first-order chi connectivity index (χ1) is 11.0. The van der Waals surface area contributed by atoms with Crippen molar-refractivity contribution in [3.63, 3.8) is 0 Å². The van der Waals surface area contributed by atoms with E-state index in [4.69, 9.17) is 19.8 Å². The highest BCUT2D eigenvalue weighted by Gasteiger charge is 2.18. The molecule has 0 atom stereocenters. The molecule has 0 saturated carbocycles. The lowest BCUT2D eigenvalue weighted by atomic mass is 9.72. The molecule has 1 aromatic rings. The van der Waals surface area contributed by atoms with Crippen LogP contribution in [0.15, 0.2) is 18.3 Å². The Morgan fingerprint density at radius 3 is 1.91 bits per heavy atom. The van der Waals surface area contributed by atoms with Crippen LogP contribution in [0.1, 0.15) is 71.1 Å². The second kappa shape index (κ2) is 11.4. The molecule has 1 rings (SSSR count). The average Bonchev–Trinajstić information content (AvgIpc) is 2.52. The molecule has 0 saturated heterocycles. The predicted octanol–water partition coefficient (Wildman–Crippen LogP) is 2.50. The van der Waals surface area contributed by atoms with Crippen molar-refractivity contribution in [3.8, 4) is 5.88 Å². The fraction of sp³-hybridized carbons (Fsp3) is 0.706. The average molecular weight is 324 g/mol. The van der Waals surface area contributed by atoms with Gasteiger partial charge in [0.15, 0.2) is 0 Å². The van der Waals surface area contributed by atoms with E-state index in [2.05, 4.69) is 11.9 Å². The Morgan fingerprint density at radius 2 is 1.43 bits per heavy atom. The number of nitrogens with zero attached hydrogens (tertiary/aromatic N) is 1. The maximum atomic E-state index is 9.05. The quantitative estimate of drug-likeness (QED) is 0.384. The lowest BCUT2D eigenvalue weighted by Gasteiger charge is -2.20. The molecular weight excluding hydrogens is 293 g/mol. The van der Waals surface area contributed by atoms with Crippen molar-refractivity contribution in [3.05, 3.63) is 18.3 Å². The van der Waals surface area contributed by atoms with Crippen LogP contribution in [-0.2, 0) is 0 Å². The van der Waals surface area contributed by atoms with Crippen molar-refractivity contribution in [2.24, 2.45) is 0 Å². The Kier molecular flexibility index (Phi) is 9.91. The van der Waals surface area contributed by atoms with Gasteiger partial charge in [0.05, 0.1) is 6.61 Å². The fourth-order valence-corrected chi connectivity index (χ4v) is 2.47. The van der Waals surface area contributed by atoms with Crippen LogP contribution in [0.25, 0.3) is 0 Å². The number of ether oxygens (including phenoxy) is 1. The second-order valence-corrected chi connectivity index (χ2v) is 6.19. The predicted molar refractivity (Wildman–Crippen MR) is 93.6 cm³/mol. The van der Waals surface area contributed by atoms with Crippen LogP contribution in [0.2, 0.25) is 0 Å². The molecule has 0 aliphatic heterocycles. The first-order valence-corrected chi connectivity index (χ1v) is 8.94. The van der Waals surface area contributed by atoms with Crippen molar-refractivity contribution in [1.29, 1.82) is 0 Å². The van der Waals surface area contributed by atoms with Crippen molar-refractivity contribution in [2.75, 3.05) is 6.61 Å². The fourth-order valence-electron chi connectivity index (χ4n) is 2.47. The maximum absolute atomic E-state index is 9.05. The van der Waals surface area contributed by atoms with Crippen molar-refractivity contribution in [2.45, 2.75) is 71.1 Å². The third-order valence-corrected chi connectivity index (χ3v) is 3.95. The minimum absolute atomic E-state index is 0.0173. The molecule has 0 aliphatic carbocycles. The minimum Gasteiger partial charge on any atom is -0.556 e. The zero-order valence-corrected chi connectivity index (χ0v) is 14.3. The number of hydrogen-bond donors (Lipinski definition) is 3. The summed E-state index contributed by atoms with van der Waals surface area (Å²) in [4.78, 5) is 3.94. The topological polar surface area (TPSA) is 82.8 Å². The van der Waals surface area contributed by atoms with Gasteiger partial charge in [-0.25, -0.2) is 4.98 Å². The molecule has 23 heavy (non-hydrogen) atoms. The van der Waals surface area contributed by atoms with Crippen molar-refractivity contribution in [1.82, 2.24) is 4.98 Å². The second-order valence-electron chi connectivity index (χ2n) is 6.19. The molecule has 1 heterocycles. The summed E-state index contributed by atoms with van der Waals surface area (Å²) >= 11 is 0.